The van der Waals surface area contributed by atoms with Crippen molar-refractivity contribution in [2.24, 2.45) is 11.8 Å². The average Bonchev–Trinajstić information content (AvgIpc) is 3.53. The number of carbonyl (C=O) groups excluding carboxylic acids is 1. The van der Waals surface area contributed by atoms with E-state index in [2.05, 4.69) is 54.5 Å². The fraction of sp³-hybridized carbons (Fsp3) is 0.469. The molecule has 0 spiro atoms. The summed E-state index contributed by atoms with van der Waals surface area (Å²) in [6.07, 6.45) is -2.66. The van der Waals surface area contributed by atoms with E-state index in [1.54, 1.807) is 13.0 Å². The van der Waals surface area contributed by atoms with E-state index in [1.165, 1.54) is 11.6 Å². The van der Waals surface area contributed by atoms with Gasteiger partial charge in [-0.05, 0) is 73.5 Å². The van der Waals surface area contributed by atoms with E-state index in [4.69, 9.17) is 0 Å². The lowest BCUT2D eigenvalue weighted by molar-refractivity contribution is -0.137. The fourth-order valence-corrected chi connectivity index (χ4v) is 6.81. The molecular formula is C32H37F3N6O2. The van der Waals surface area contributed by atoms with Gasteiger partial charge in [0, 0.05) is 50.9 Å². The van der Waals surface area contributed by atoms with Gasteiger partial charge in [0.25, 0.3) is 0 Å². The van der Waals surface area contributed by atoms with Crippen LogP contribution in [0.5, 0.6) is 5.75 Å². The molecule has 0 radical (unpaired) electrons. The van der Waals surface area contributed by atoms with Crippen molar-refractivity contribution >= 4 is 11.7 Å². The first-order valence-corrected chi connectivity index (χ1v) is 14.9. The number of aromatic hydroxyl groups is 1. The Hall–Kier alpha value is -3.70. The first-order chi connectivity index (χ1) is 20.6. The summed E-state index contributed by atoms with van der Waals surface area (Å²) in [5, 5.41) is 22.1. The van der Waals surface area contributed by atoms with Crippen LogP contribution in [-0.4, -0.2) is 87.8 Å². The second kappa shape index (κ2) is 12.1. The number of likely N-dealkylation sites (tertiary alicyclic amines) is 3. The van der Waals surface area contributed by atoms with Crippen molar-refractivity contribution in [1.82, 2.24) is 24.9 Å². The van der Waals surface area contributed by atoms with E-state index in [-0.39, 0.29) is 17.5 Å². The number of carbonyl (C=O) groups is 1. The van der Waals surface area contributed by atoms with Gasteiger partial charge in [-0.15, -0.1) is 10.2 Å². The Morgan fingerprint density at radius 3 is 2.40 bits per heavy atom. The van der Waals surface area contributed by atoms with Crippen LogP contribution < -0.4 is 5.32 Å². The molecule has 3 atom stereocenters. The Balaban J connectivity index is 1.000. The quantitative estimate of drug-likeness (QED) is 0.412. The summed E-state index contributed by atoms with van der Waals surface area (Å²) in [5.41, 5.74) is 1.61. The molecule has 1 amide bonds. The summed E-state index contributed by atoms with van der Waals surface area (Å²) < 4.78 is 38.9. The van der Waals surface area contributed by atoms with Gasteiger partial charge in [0.05, 0.1) is 17.8 Å². The maximum Gasteiger partial charge on any atom is 0.416 e. The SMILES string of the molecule is Cc1cc(N[C@@H]2CCCN(CC(=O)N3C[C@H]4CN(Cc5ccccc5)C[C@H]4C3)C2)nnc1-c1ccc(C(F)(F)F)cc1O. The van der Waals surface area contributed by atoms with Crippen LogP contribution in [0.25, 0.3) is 11.3 Å². The first kappa shape index (κ1) is 29.4. The van der Waals surface area contributed by atoms with Crippen LogP contribution in [0.1, 0.15) is 29.5 Å². The van der Waals surface area contributed by atoms with Gasteiger partial charge in [0.15, 0.2) is 0 Å². The number of benzene rings is 2. The number of anilines is 1. The van der Waals surface area contributed by atoms with E-state index in [1.807, 2.05) is 6.07 Å². The molecule has 3 fully saturated rings. The van der Waals surface area contributed by atoms with Crippen molar-refractivity contribution in [3.05, 3.63) is 71.3 Å². The number of phenols is 1. The maximum atomic E-state index is 13.2. The van der Waals surface area contributed by atoms with Crippen LogP contribution in [0, 0.1) is 18.8 Å². The van der Waals surface area contributed by atoms with E-state index < -0.39 is 17.5 Å². The van der Waals surface area contributed by atoms with Gasteiger partial charge >= 0.3 is 6.18 Å². The number of piperidine rings is 1. The third-order valence-electron chi connectivity index (χ3n) is 8.94. The molecule has 2 aromatic carbocycles. The Labute approximate surface area is 249 Å². The summed E-state index contributed by atoms with van der Waals surface area (Å²) >= 11 is 0. The van der Waals surface area contributed by atoms with Gasteiger partial charge in [-0.1, -0.05) is 30.3 Å². The van der Waals surface area contributed by atoms with E-state index in [0.29, 0.717) is 48.1 Å². The molecule has 3 saturated heterocycles. The van der Waals surface area contributed by atoms with Crippen molar-refractivity contribution in [2.45, 2.75) is 38.5 Å². The molecule has 0 bridgehead atoms. The molecule has 0 aliphatic carbocycles. The van der Waals surface area contributed by atoms with Crippen molar-refractivity contribution in [1.29, 1.82) is 0 Å². The number of nitrogens with zero attached hydrogens (tertiary/aromatic N) is 5. The lowest BCUT2D eigenvalue weighted by atomic mass is 10.0. The minimum absolute atomic E-state index is 0.0880. The normalized spacial score (nSPS) is 23.0. The molecule has 228 valence electrons. The highest BCUT2D eigenvalue weighted by atomic mass is 19.4. The van der Waals surface area contributed by atoms with E-state index in [9.17, 15) is 23.1 Å². The number of alkyl halides is 3. The highest BCUT2D eigenvalue weighted by molar-refractivity contribution is 5.78. The highest BCUT2D eigenvalue weighted by Crippen LogP contribution is 2.37. The zero-order valence-corrected chi connectivity index (χ0v) is 24.2. The molecule has 0 unspecified atom stereocenters. The predicted molar refractivity (Wildman–Crippen MR) is 157 cm³/mol. The van der Waals surface area contributed by atoms with Gasteiger partial charge in [-0.3, -0.25) is 14.6 Å². The number of aromatic nitrogens is 2. The van der Waals surface area contributed by atoms with Gasteiger partial charge in [-0.2, -0.15) is 13.2 Å². The molecule has 4 heterocycles. The number of rotatable bonds is 7. The number of amides is 1. The molecule has 3 aliphatic heterocycles. The summed E-state index contributed by atoms with van der Waals surface area (Å²) in [7, 11) is 0. The number of nitrogens with one attached hydrogen (secondary N) is 1. The fourth-order valence-electron chi connectivity index (χ4n) is 6.81. The van der Waals surface area contributed by atoms with Gasteiger partial charge < -0.3 is 15.3 Å². The molecule has 1 aromatic heterocycles. The standard InChI is InChI=1S/C32H37F3N6O2/c1-21-12-29(37-38-31(21)27-10-9-25(13-28(27)42)32(33,34)35)36-26-8-5-11-39(19-26)20-30(43)41-17-23-15-40(16-24(23)18-41)14-22-6-3-2-4-7-22/h2-4,6-7,9-10,12-13,23-24,26,42H,5,8,11,14-20H2,1H3,(H,36,37)/t23-,24+,26-/m1/s1. The maximum absolute atomic E-state index is 13.2. The summed E-state index contributed by atoms with van der Waals surface area (Å²) in [6, 6.07) is 15.3. The summed E-state index contributed by atoms with van der Waals surface area (Å²) in [6.45, 7) is 8.47. The van der Waals surface area contributed by atoms with Crippen molar-refractivity contribution < 1.29 is 23.1 Å². The minimum atomic E-state index is -4.54. The molecule has 0 saturated carbocycles. The molecule has 8 nitrogen and oxygen atoms in total. The second-order valence-electron chi connectivity index (χ2n) is 12.2. The smallest absolute Gasteiger partial charge is 0.416 e. The van der Waals surface area contributed by atoms with E-state index in [0.717, 1.165) is 58.2 Å². The van der Waals surface area contributed by atoms with Crippen LogP contribution in [0.15, 0.2) is 54.6 Å². The Morgan fingerprint density at radius 1 is 0.977 bits per heavy atom. The molecule has 3 aromatic rings. The monoisotopic (exact) mass is 594 g/mol. The molecule has 11 heteroatoms. The van der Waals surface area contributed by atoms with Gasteiger partial charge in [0.2, 0.25) is 5.91 Å². The van der Waals surface area contributed by atoms with Gasteiger partial charge in [-0.25, -0.2) is 0 Å². The van der Waals surface area contributed by atoms with Crippen molar-refractivity contribution in [2.75, 3.05) is 51.1 Å². The number of fused-ring (bicyclic) bond motifs is 1. The second-order valence-corrected chi connectivity index (χ2v) is 12.2. The largest absolute Gasteiger partial charge is 0.507 e. The number of aryl methyl sites for hydroxylation is 1. The Bertz CT molecular complexity index is 1440. The number of phenolic OH excluding ortho intramolecular Hbond substituents is 1. The number of hydrogen-bond acceptors (Lipinski definition) is 7. The predicted octanol–water partition coefficient (Wildman–Crippen LogP) is 4.64. The Kier molecular flexibility index (Phi) is 8.28. The molecular weight excluding hydrogens is 557 g/mol. The average molecular weight is 595 g/mol. The zero-order valence-electron chi connectivity index (χ0n) is 24.2. The lowest BCUT2D eigenvalue weighted by Crippen LogP contribution is -2.47. The van der Waals surface area contributed by atoms with Crippen LogP contribution >= 0.6 is 0 Å². The van der Waals surface area contributed by atoms with Crippen LogP contribution in [0.3, 0.4) is 0 Å². The zero-order chi connectivity index (χ0) is 30.1. The molecule has 43 heavy (non-hydrogen) atoms. The first-order valence-electron chi connectivity index (χ1n) is 14.9. The molecule has 2 N–H and O–H groups in total. The minimum Gasteiger partial charge on any atom is -0.507 e. The third-order valence-corrected chi connectivity index (χ3v) is 8.94. The van der Waals surface area contributed by atoms with Crippen LogP contribution in [-0.2, 0) is 17.5 Å². The van der Waals surface area contributed by atoms with Gasteiger partial charge in [0.1, 0.15) is 11.6 Å². The topological polar surface area (TPSA) is 84.8 Å². The third kappa shape index (κ3) is 6.78. The number of halogens is 3. The summed E-state index contributed by atoms with van der Waals surface area (Å²) in [5.74, 6) is 1.33. The molecule has 3 aliphatic rings. The van der Waals surface area contributed by atoms with Crippen molar-refractivity contribution in [3.8, 4) is 17.0 Å². The Morgan fingerprint density at radius 2 is 1.72 bits per heavy atom. The van der Waals surface area contributed by atoms with E-state index >= 15 is 0 Å². The lowest BCUT2D eigenvalue weighted by Gasteiger charge is -2.34. The van der Waals surface area contributed by atoms with Crippen LogP contribution in [0.4, 0.5) is 19.0 Å². The number of hydrogen-bond donors (Lipinski definition) is 2. The highest BCUT2D eigenvalue weighted by Gasteiger charge is 2.41. The molecule has 6 rings (SSSR count). The summed E-state index contributed by atoms with van der Waals surface area (Å²) in [4.78, 5) is 20.0. The van der Waals surface area contributed by atoms with Crippen molar-refractivity contribution in [3.63, 3.8) is 0 Å². The van der Waals surface area contributed by atoms with Crippen LogP contribution in [0.2, 0.25) is 0 Å².